The number of benzene rings is 3. The van der Waals surface area contributed by atoms with E-state index >= 15 is 0 Å². The van der Waals surface area contributed by atoms with Crippen molar-refractivity contribution < 1.29 is 14.1 Å². The highest BCUT2D eigenvalue weighted by atomic mass is 35.5. The molecular formula is C23H16Cl2N2O3. The lowest BCUT2D eigenvalue weighted by atomic mass is 10.1. The Balaban J connectivity index is 1.56. The van der Waals surface area contributed by atoms with Crippen LogP contribution in [0.25, 0.3) is 11.3 Å². The molecule has 1 aromatic heterocycles. The van der Waals surface area contributed by atoms with Crippen molar-refractivity contribution in [3.8, 4) is 22.8 Å². The van der Waals surface area contributed by atoms with Gasteiger partial charge in [-0.15, -0.1) is 0 Å². The largest absolute Gasteiger partial charge is 0.457 e. The van der Waals surface area contributed by atoms with Gasteiger partial charge in [-0.25, -0.2) is 0 Å². The summed E-state index contributed by atoms with van der Waals surface area (Å²) in [6.07, 6.45) is 0. The van der Waals surface area contributed by atoms with E-state index in [1.165, 1.54) is 0 Å². The number of ether oxygens (including phenoxy) is 1. The van der Waals surface area contributed by atoms with Gasteiger partial charge in [0.15, 0.2) is 0 Å². The van der Waals surface area contributed by atoms with Gasteiger partial charge in [0.1, 0.15) is 28.5 Å². The fourth-order valence-corrected chi connectivity index (χ4v) is 3.54. The van der Waals surface area contributed by atoms with E-state index in [1.54, 1.807) is 49.4 Å². The molecule has 0 unspecified atom stereocenters. The Kier molecular flexibility index (Phi) is 5.74. The monoisotopic (exact) mass is 438 g/mol. The summed E-state index contributed by atoms with van der Waals surface area (Å²) in [6.45, 7) is 1.66. The van der Waals surface area contributed by atoms with Crippen LogP contribution in [0.2, 0.25) is 10.0 Å². The van der Waals surface area contributed by atoms with Crippen LogP contribution >= 0.6 is 23.2 Å². The molecule has 1 heterocycles. The van der Waals surface area contributed by atoms with Crippen molar-refractivity contribution in [1.82, 2.24) is 5.16 Å². The molecule has 1 N–H and O–H groups in total. The van der Waals surface area contributed by atoms with Gasteiger partial charge in [0.25, 0.3) is 5.91 Å². The van der Waals surface area contributed by atoms with Gasteiger partial charge in [-0.2, -0.15) is 0 Å². The number of carbonyl (C=O) groups is 1. The summed E-state index contributed by atoms with van der Waals surface area (Å²) in [6, 6.07) is 21.6. The zero-order valence-electron chi connectivity index (χ0n) is 15.9. The Morgan fingerprint density at radius 1 is 0.900 bits per heavy atom. The molecule has 0 atom stereocenters. The minimum Gasteiger partial charge on any atom is -0.457 e. The standard InChI is InChI=1S/C23H16Cl2N2O3/c1-14-20(22(27-30-14)21-18(24)8-5-9-19(21)25)23(28)26-15-10-12-17(13-11-15)29-16-6-3-2-4-7-16/h2-13H,1H3,(H,26,28). The first-order valence-electron chi connectivity index (χ1n) is 9.08. The van der Waals surface area contributed by atoms with Gasteiger partial charge in [0.2, 0.25) is 0 Å². The summed E-state index contributed by atoms with van der Waals surface area (Å²) in [5, 5.41) is 7.61. The number of hydrogen-bond donors (Lipinski definition) is 1. The maximum atomic E-state index is 13.0. The zero-order valence-corrected chi connectivity index (χ0v) is 17.4. The third kappa shape index (κ3) is 4.17. The summed E-state index contributed by atoms with van der Waals surface area (Å²) in [5.74, 6) is 1.37. The van der Waals surface area contributed by atoms with E-state index in [0.717, 1.165) is 5.75 Å². The Labute approximate surface area is 183 Å². The highest BCUT2D eigenvalue weighted by Crippen LogP contribution is 2.37. The molecule has 1 amide bonds. The molecule has 0 aliphatic rings. The van der Waals surface area contributed by atoms with Gasteiger partial charge in [-0.1, -0.05) is 52.6 Å². The Hall–Kier alpha value is -3.28. The first-order valence-corrected chi connectivity index (χ1v) is 9.83. The molecule has 0 saturated heterocycles. The molecule has 150 valence electrons. The van der Waals surface area contributed by atoms with Crippen LogP contribution in [0.3, 0.4) is 0 Å². The predicted octanol–water partition coefficient (Wildman–Crippen LogP) is 7.00. The van der Waals surface area contributed by atoms with Crippen molar-refractivity contribution in [2.24, 2.45) is 0 Å². The number of halogens is 2. The average Bonchev–Trinajstić information content (AvgIpc) is 3.11. The van der Waals surface area contributed by atoms with Gasteiger partial charge >= 0.3 is 0 Å². The number of hydrogen-bond acceptors (Lipinski definition) is 4. The van der Waals surface area contributed by atoms with Crippen LogP contribution in [0.1, 0.15) is 16.1 Å². The molecule has 7 heteroatoms. The van der Waals surface area contributed by atoms with Crippen LogP contribution in [-0.2, 0) is 0 Å². The normalized spacial score (nSPS) is 10.6. The third-order valence-corrected chi connectivity index (χ3v) is 5.01. The van der Waals surface area contributed by atoms with Crippen molar-refractivity contribution in [3.05, 3.63) is 94.2 Å². The van der Waals surface area contributed by atoms with Gasteiger partial charge in [-0.05, 0) is 55.5 Å². The topological polar surface area (TPSA) is 64.4 Å². The van der Waals surface area contributed by atoms with Crippen LogP contribution in [0.15, 0.2) is 77.3 Å². The van der Waals surface area contributed by atoms with Crippen LogP contribution in [-0.4, -0.2) is 11.1 Å². The second-order valence-corrected chi connectivity index (χ2v) is 7.27. The van der Waals surface area contributed by atoms with E-state index in [9.17, 15) is 4.79 Å². The molecule has 0 bridgehead atoms. The number of anilines is 1. The van der Waals surface area contributed by atoms with Crippen molar-refractivity contribution in [2.45, 2.75) is 6.92 Å². The number of rotatable bonds is 5. The Morgan fingerprint density at radius 3 is 2.20 bits per heavy atom. The number of carbonyl (C=O) groups excluding carboxylic acids is 1. The Morgan fingerprint density at radius 2 is 1.53 bits per heavy atom. The van der Waals surface area contributed by atoms with Gasteiger partial charge in [0, 0.05) is 11.3 Å². The van der Waals surface area contributed by atoms with E-state index in [1.807, 2.05) is 30.3 Å². The SMILES string of the molecule is Cc1onc(-c2c(Cl)cccc2Cl)c1C(=O)Nc1ccc(Oc2ccccc2)cc1. The van der Waals surface area contributed by atoms with E-state index in [2.05, 4.69) is 10.5 Å². The van der Waals surface area contributed by atoms with Gasteiger partial charge < -0.3 is 14.6 Å². The third-order valence-electron chi connectivity index (χ3n) is 4.38. The molecule has 0 aliphatic carbocycles. The lowest BCUT2D eigenvalue weighted by Gasteiger charge is -2.09. The minimum atomic E-state index is -0.378. The van der Waals surface area contributed by atoms with Crippen molar-refractivity contribution >= 4 is 34.8 Å². The molecule has 0 spiro atoms. The number of amides is 1. The van der Waals surface area contributed by atoms with E-state index < -0.39 is 0 Å². The van der Waals surface area contributed by atoms with E-state index in [0.29, 0.717) is 38.5 Å². The summed E-state index contributed by atoms with van der Waals surface area (Å²) in [7, 11) is 0. The Bertz CT molecular complexity index is 1170. The molecule has 30 heavy (non-hydrogen) atoms. The number of nitrogens with zero attached hydrogens (tertiary/aromatic N) is 1. The van der Waals surface area contributed by atoms with Crippen molar-refractivity contribution in [1.29, 1.82) is 0 Å². The predicted molar refractivity (Wildman–Crippen MR) is 118 cm³/mol. The van der Waals surface area contributed by atoms with Crippen LogP contribution in [0.5, 0.6) is 11.5 Å². The molecule has 4 aromatic rings. The summed E-state index contributed by atoms with van der Waals surface area (Å²) in [4.78, 5) is 13.0. The highest BCUT2D eigenvalue weighted by molar-refractivity contribution is 6.39. The summed E-state index contributed by atoms with van der Waals surface area (Å²) < 4.78 is 11.0. The number of aromatic nitrogens is 1. The second-order valence-electron chi connectivity index (χ2n) is 6.45. The first kappa shape index (κ1) is 20.0. The first-order chi connectivity index (χ1) is 14.5. The lowest BCUT2D eigenvalue weighted by Crippen LogP contribution is -2.13. The van der Waals surface area contributed by atoms with Crippen LogP contribution < -0.4 is 10.1 Å². The zero-order chi connectivity index (χ0) is 21.1. The molecule has 4 rings (SSSR count). The van der Waals surface area contributed by atoms with Crippen LogP contribution in [0, 0.1) is 6.92 Å². The number of aryl methyl sites for hydroxylation is 1. The van der Waals surface area contributed by atoms with Crippen molar-refractivity contribution in [3.63, 3.8) is 0 Å². The molecule has 3 aromatic carbocycles. The van der Waals surface area contributed by atoms with Crippen molar-refractivity contribution in [2.75, 3.05) is 5.32 Å². The number of para-hydroxylation sites is 1. The quantitative estimate of drug-likeness (QED) is 0.364. The van der Waals surface area contributed by atoms with Gasteiger partial charge in [-0.3, -0.25) is 4.79 Å². The maximum Gasteiger partial charge on any atom is 0.261 e. The van der Waals surface area contributed by atoms with Gasteiger partial charge in [0.05, 0.1) is 10.0 Å². The molecule has 5 nitrogen and oxygen atoms in total. The number of nitrogens with one attached hydrogen (secondary N) is 1. The smallest absolute Gasteiger partial charge is 0.261 e. The minimum absolute atomic E-state index is 0.273. The molecular weight excluding hydrogens is 423 g/mol. The summed E-state index contributed by atoms with van der Waals surface area (Å²) >= 11 is 12.6. The average molecular weight is 439 g/mol. The molecule has 0 radical (unpaired) electrons. The lowest BCUT2D eigenvalue weighted by molar-refractivity contribution is 0.102. The van der Waals surface area contributed by atoms with Crippen LogP contribution in [0.4, 0.5) is 5.69 Å². The fraction of sp³-hybridized carbons (Fsp3) is 0.0435. The fourth-order valence-electron chi connectivity index (χ4n) is 2.96. The molecule has 0 saturated carbocycles. The highest BCUT2D eigenvalue weighted by Gasteiger charge is 2.25. The second kappa shape index (κ2) is 8.61. The summed E-state index contributed by atoms with van der Waals surface area (Å²) in [5.41, 5.74) is 1.62. The molecule has 0 fully saturated rings. The maximum absolute atomic E-state index is 13.0. The molecule has 0 aliphatic heterocycles. The van der Waals surface area contributed by atoms with E-state index in [4.69, 9.17) is 32.5 Å². The van der Waals surface area contributed by atoms with E-state index in [-0.39, 0.29) is 11.5 Å².